The van der Waals surface area contributed by atoms with E-state index in [0.29, 0.717) is 34.4 Å². The number of halogens is 1. The average molecular weight is 441 g/mol. The Kier molecular flexibility index (Phi) is 6.15. The van der Waals surface area contributed by atoms with Gasteiger partial charge in [0.1, 0.15) is 11.2 Å². The van der Waals surface area contributed by atoms with Gasteiger partial charge in [0, 0.05) is 18.3 Å². The number of anilines is 1. The van der Waals surface area contributed by atoms with E-state index in [4.69, 9.17) is 9.47 Å². The van der Waals surface area contributed by atoms with E-state index in [2.05, 4.69) is 25.3 Å². The summed E-state index contributed by atoms with van der Waals surface area (Å²) in [6.07, 6.45) is 1.70. The van der Waals surface area contributed by atoms with Crippen LogP contribution in [0.1, 0.15) is 32.4 Å². The van der Waals surface area contributed by atoms with Crippen LogP contribution in [0.15, 0.2) is 36.5 Å². The molecule has 2 aromatic heterocycles. The normalized spacial score (nSPS) is 20.8. The summed E-state index contributed by atoms with van der Waals surface area (Å²) in [5, 5.41) is 12.5. The van der Waals surface area contributed by atoms with Crippen molar-refractivity contribution in [2.45, 2.75) is 26.6 Å². The van der Waals surface area contributed by atoms with Crippen molar-refractivity contribution in [2.24, 2.45) is 5.41 Å². The van der Waals surface area contributed by atoms with Gasteiger partial charge in [0.25, 0.3) is 0 Å². The number of hydrogen-bond donors (Lipinski definition) is 3. The predicted octanol–water partition coefficient (Wildman–Crippen LogP) is 3.63. The lowest BCUT2D eigenvalue weighted by Crippen LogP contribution is -2.42. The number of carbonyl (C=O) groups is 1. The summed E-state index contributed by atoms with van der Waals surface area (Å²) in [5.41, 5.74) is 1.27. The van der Waals surface area contributed by atoms with Crippen LogP contribution in [0.5, 0.6) is 0 Å². The summed E-state index contributed by atoms with van der Waals surface area (Å²) in [5.74, 6) is -0.497. The summed E-state index contributed by atoms with van der Waals surface area (Å²) < 4.78 is 24.8. The summed E-state index contributed by atoms with van der Waals surface area (Å²) in [4.78, 5) is 28.1. The van der Waals surface area contributed by atoms with Gasteiger partial charge in [-0.2, -0.15) is 0 Å². The summed E-state index contributed by atoms with van der Waals surface area (Å²) in [7, 11) is 0. The molecular weight excluding hydrogens is 417 g/mol. The molecule has 168 valence electrons. The Hall–Kier alpha value is -3.37. The van der Waals surface area contributed by atoms with Gasteiger partial charge in [0.15, 0.2) is 5.82 Å². The molecule has 3 aromatic rings. The number of aromatic amines is 1. The lowest BCUT2D eigenvalue weighted by atomic mass is 9.92. The van der Waals surface area contributed by atoms with Crippen LogP contribution in [-0.2, 0) is 14.3 Å². The molecule has 10 heteroatoms. The summed E-state index contributed by atoms with van der Waals surface area (Å²) in [6.45, 7) is 4.30. The largest absolute Gasteiger partial charge is 0.481 e. The second kappa shape index (κ2) is 9.01. The van der Waals surface area contributed by atoms with Gasteiger partial charge in [-0.25, -0.2) is 19.3 Å². The number of carboxylic acids is 1. The highest BCUT2D eigenvalue weighted by Gasteiger charge is 2.41. The number of nitrogens with zero attached hydrogens (tertiary/aromatic N) is 3. The zero-order chi connectivity index (χ0) is 22.7. The van der Waals surface area contributed by atoms with Crippen LogP contribution in [0.25, 0.3) is 22.6 Å². The molecule has 0 saturated carbocycles. The molecule has 4 rings (SSSR count). The molecule has 0 spiro atoms. The van der Waals surface area contributed by atoms with Crippen molar-refractivity contribution in [3.8, 4) is 22.6 Å². The van der Waals surface area contributed by atoms with E-state index < -0.39 is 17.7 Å². The fourth-order valence-corrected chi connectivity index (χ4v) is 3.22. The van der Waals surface area contributed by atoms with Crippen LogP contribution in [-0.4, -0.2) is 50.8 Å². The van der Waals surface area contributed by atoms with E-state index in [-0.39, 0.29) is 19.0 Å². The van der Waals surface area contributed by atoms with Gasteiger partial charge < -0.3 is 24.9 Å². The summed E-state index contributed by atoms with van der Waals surface area (Å²) >= 11 is 0. The molecule has 1 aromatic carbocycles. The quantitative estimate of drug-likeness (QED) is 0.508. The van der Waals surface area contributed by atoms with Crippen molar-refractivity contribution in [1.82, 2.24) is 19.9 Å². The third kappa shape index (κ3) is 4.46. The van der Waals surface area contributed by atoms with Crippen molar-refractivity contribution < 1.29 is 23.8 Å². The Morgan fingerprint density at radius 1 is 1.25 bits per heavy atom. The van der Waals surface area contributed by atoms with Crippen LogP contribution in [0.3, 0.4) is 0 Å². The SMILES string of the molecule is CCCNc1nccc(-c2[nH]c(C3OCC(C)(C(=O)O)CO3)nc2-c2ccc(F)cc2)n1. The minimum atomic E-state index is -1.13. The Morgan fingerprint density at radius 2 is 1.97 bits per heavy atom. The number of aromatic nitrogens is 4. The number of hydrogen-bond acceptors (Lipinski definition) is 7. The molecule has 0 radical (unpaired) electrons. The van der Waals surface area contributed by atoms with E-state index in [1.54, 1.807) is 31.3 Å². The predicted molar refractivity (Wildman–Crippen MR) is 114 cm³/mol. The van der Waals surface area contributed by atoms with Gasteiger partial charge in [-0.3, -0.25) is 4.79 Å². The fraction of sp³-hybridized carbons (Fsp3) is 0.364. The molecule has 0 aliphatic carbocycles. The van der Waals surface area contributed by atoms with Crippen LogP contribution in [0.4, 0.5) is 10.3 Å². The van der Waals surface area contributed by atoms with E-state index >= 15 is 0 Å². The maximum absolute atomic E-state index is 13.5. The first kappa shape index (κ1) is 21.8. The van der Waals surface area contributed by atoms with E-state index in [1.807, 2.05) is 6.92 Å². The minimum absolute atomic E-state index is 0.0203. The molecule has 1 saturated heterocycles. The van der Waals surface area contributed by atoms with Crippen molar-refractivity contribution in [3.05, 3.63) is 48.2 Å². The molecule has 9 nitrogen and oxygen atoms in total. The van der Waals surface area contributed by atoms with Crippen LogP contribution in [0, 0.1) is 11.2 Å². The Labute approximate surface area is 184 Å². The molecule has 1 aliphatic heterocycles. The van der Waals surface area contributed by atoms with Gasteiger partial charge in [-0.15, -0.1) is 0 Å². The van der Waals surface area contributed by atoms with E-state index in [9.17, 15) is 14.3 Å². The monoisotopic (exact) mass is 441 g/mol. The van der Waals surface area contributed by atoms with Gasteiger partial charge in [-0.05, 0) is 43.7 Å². The van der Waals surface area contributed by atoms with Crippen molar-refractivity contribution in [1.29, 1.82) is 0 Å². The second-order valence-corrected chi connectivity index (χ2v) is 7.86. The van der Waals surface area contributed by atoms with Gasteiger partial charge in [0.05, 0.1) is 30.3 Å². The zero-order valence-electron chi connectivity index (χ0n) is 17.8. The lowest BCUT2D eigenvalue weighted by molar-refractivity contribution is -0.236. The highest BCUT2D eigenvalue weighted by Crippen LogP contribution is 2.35. The van der Waals surface area contributed by atoms with Crippen LogP contribution in [0.2, 0.25) is 0 Å². The van der Waals surface area contributed by atoms with Crippen molar-refractivity contribution >= 4 is 11.9 Å². The Bertz CT molecular complexity index is 1090. The number of carboxylic acid groups (broad SMARTS) is 1. The summed E-state index contributed by atoms with van der Waals surface area (Å²) in [6, 6.07) is 7.70. The molecule has 1 aliphatic rings. The molecule has 1 fully saturated rings. The molecule has 32 heavy (non-hydrogen) atoms. The first-order valence-corrected chi connectivity index (χ1v) is 10.3. The fourth-order valence-electron chi connectivity index (χ4n) is 3.22. The van der Waals surface area contributed by atoms with E-state index in [1.165, 1.54) is 12.1 Å². The molecule has 3 heterocycles. The molecule has 0 amide bonds. The molecule has 3 N–H and O–H groups in total. The molecule has 0 bridgehead atoms. The zero-order valence-corrected chi connectivity index (χ0v) is 17.8. The maximum atomic E-state index is 13.5. The molecule has 0 atom stereocenters. The third-order valence-electron chi connectivity index (χ3n) is 5.13. The van der Waals surface area contributed by atoms with Crippen LogP contribution >= 0.6 is 0 Å². The van der Waals surface area contributed by atoms with Gasteiger partial charge in [-0.1, -0.05) is 6.92 Å². The number of imidazole rings is 1. The van der Waals surface area contributed by atoms with E-state index in [0.717, 1.165) is 13.0 Å². The topological polar surface area (TPSA) is 122 Å². The highest BCUT2D eigenvalue weighted by atomic mass is 19.1. The number of nitrogens with one attached hydrogen (secondary N) is 2. The Morgan fingerprint density at radius 3 is 2.62 bits per heavy atom. The van der Waals surface area contributed by atoms with Crippen LogP contribution < -0.4 is 5.32 Å². The van der Waals surface area contributed by atoms with Gasteiger partial charge in [0.2, 0.25) is 12.2 Å². The number of rotatable bonds is 7. The maximum Gasteiger partial charge on any atom is 0.314 e. The minimum Gasteiger partial charge on any atom is -0.481 e. The smallest absolute Gasteiger partial charge is 0.314 e. The number of aliphatic carboxylic acids is 1. The van der Waals surface area contributed by atoms with Crippen molar-refractivity contribution in [3.63, 3.8) is 0 Å². The average Bonchev–Trinajstić information content (AvgIpc) is 3.24. The number of ether oxygens (including phenoxy) is 2. The van der Waals surface area contributed by atoms with Gasteiger partial charge >= 0.3 is 5.97 Å². The first-order valence-electron chi connectivity index (χ1n) is 10.3. The lowest BCUT2D eigenvalue weighted by Gasteiger charge is -2.33. The number of H-pyrrole nitrogens is 1. The Balaban J connectivity index is 1.70. The third-order valence-corrected chi connectivity index (χ3v) is 5.13. The molecular formula is C22H24FN5O4. The number of benzene rings is 1. The first-order chi connectivity index (χ1) is 15.4. The molecule has 0 unspecified atom stereocenters. The standard InChI is InChI=1S/C22H24FN5O4/c1-3-9-24-21-25-10-8-15(26-21)17-16(13-4-6-14(23)7-5-13)27-18(28-17)19-31-11-22(2,12-32-19)20(29)30/h4-8,10,19H,3,9,11-12H2,1-2H3,(H,27,28)(H,29,30)(H,24,25,26). The highest BCUT2D eigenvalue weighted by molar-refractivity contribution is 5.77. The van der Waals surface area contributed by atoms with Crippen molar-refractivity contribution in [2.75, 3.05) is 25.1 Å². The second-order valence-electron chi connectivity index (χ2n) is 7.86.